The number of methoxy groups -OCH3 is 1. The van der Waals surface area contributed by atoms with Crippen molar-refractivity contribution in [1.82, 2.24) is 4.90 Å². The molecule has 1 N–H and O–H groups in total. The summed E-state index contributed by atoms with van der Waals surface area (Å²) in [6.07, 6.45) is 0.984. The van der Waals surface area contributed by atoms with Crippen LogP contribution in [0.1, 0.15) is 12.0 Å². The van der Waals surface area contributed by atoms with E-state index in [0.717, 1.165) is 36.7 Å². The van der Waals surface area contributed by atoms with Crippen molar-refractivity contribution in [2.24, 2.45) is 0 Å². The number of nitrogens with one attached hydrogen (secondary N) is 1. The molecule has 0 unspecified atom stereocenters. The van der Waals surface area contributed by atoms with Crippen LogP contribution in [-0.2, 0) is 6.54 Å². The fraction of sp³-hybridized carbons (Fsp3) is 0.368. The van der Waals surface area contributed by atoms with Crippen molar-refractivity contribution in [3.63, 3.8) is 0 Å². The maximum absolute atomic E-state index is 5.88. The van der Waals surface area contributed by atoms with Crippen LogP contribution >= 0.6 is 0 Å². The molecule has 4 heteroatoms. The van der Waals surface area contributed by atoms with E-state index in [1.807, 2.05) is 36.4 Å². The highest BCUT2D eigenvalue weighted by Gasteiger charge is 2.06. The van der Waals surface area contributed by atoms with Crippen LogP contribution in [0.5, 0.6) is 11.5 Å². The molecule has 0 amide bonds. The molecule has 4 nitrogen and oxygen atoms in total. The minimum Gasteiger partial charge on any atom is -0.493 e. The zero-order valence-corrected chi connectivity index (χ0v) is 14.2. The van der Waals surface area contributed by atoms with E-state index in [0.29, 0.717) is 6.61 Å². The Hall–Kier alpha value is -2.20. The lowest BCUT2D eigenvalue weighted by atomic mass is 10.2. The van der Waals surface area contributed by atoms with Gasteiger partial charge >= 0.3 is 0 Å². The van der Waals surface area contributed by atoms with Crippen molar-refractivity contribution in [3.8, 4) is 11.5 Å². The van der Waals surface area contributed by atoms with Crippen molar-refractivity contribution >= 4 is 5.69 Å². The highest BCUT2D eigenvalue weighted by molar-refractivity contribution is 5.55. The van der Waals surface area contributed by atoms with E-state index < -0.39 is 0 Å². The third-order valence-corrected chi connectivity index (χ3v) is 3.51. The number of hydrogen-bond acceptors (Lipinski definition) is 4. The summed E-state index contributed by atoms with van der Waals surface area (Å²) < 4.78 is 11.3. The topological polar surface area (TPSA) is 33.7 Å². The fourth-order valence-corrected chi connectivity index (χ4v) is 2.26. The summed E-state index contributed by atoms with van der Waals surface area (Å²) in [7, 11) is 5.79. The third kappa shape index (κ3) is 5.83. The summed E-state index contributed by atoms with van der Waals surface area (Å²) >= 11 is 0. The first kappa shape index (κ1) is 17.2. The van der Waals surface area contributed by atoms with Gasteiger partial charge in [-0.15, -0.1) is 0 Å². The molecule has 0 spiro atoms. The maximum Gasteiger partial charge on any atom is 0.163 e. The molecule has 0 radical (unpaired) electrons. The van der Waals surface area contributed by atoms with Crippen LogP contribution in [0.25, 0.3) is 0 Å². The van der Waals surface area contributed by atoms with Crippen LogP contribution in [-0.4, -0.2) is 39.3 Å². The quantitative estimate of drug-likeness (QED) is 0.717. The minimum atomic E-state index is 0.677. The lowest BCUT2D eigenvalue weighted by Crippen LogP contribution is -2.15. The van der Waals surface area contributed by atoms with Crippen LogP contribution in [0, 0.1) is 0 Å². The Morgan fingerprint density at radius 2 is 1.78 bits per heavy atom. The highest BCUT2D eigenvalue weighted by Crippen LogP contribution is 2.30. The van der Waals surface area contributed by atoms with Crippen molar-refractivity contribution in [2.75, 3.05) is 39.7 Å². The van der Waals surface area contributed by atoms with Gasteiger partial charge in [0.25, 0.3) is 0 Å². The molecule has 23 heavy (non-hydrogen) atoms. The van der Waals surface area contributed by atoms with Gasteiger partial charge < -0.3 is 19.7 Å². The van der Waals surface area contributed by atoms with Gasteiger partial charge in [0.05, 0.1) is 13.7 Å². The van der Waals surface area contributed by atoms with Gasteiger partial charge in [-0.05, 0) is 38.2 Å². The Morgan fingerprint density at radius 3 is 2.48 bits per heavy atom. The Balaban J connectivity index is 1.94. The molecular weight excluding hydrogens is 288 g/mol. The van der Waals surface area contributed by atoms with Gasteiger partial charge in [-0.25, -0.2) is 0 Å². The van der Waals surface area contributed by atoms with Gasteiger partial charge in [0.15, 0.2) is 11.5 Å². The molecule has 0 atom stereocenters. The summed E-state index contributed by atoms with van der Waals surface area (Å²) in [6.45, 7) is 2.47. The number of benzene rings is 2. The van der Waals surface area contributed by atoms with Crippen molar-refractivity contribution < 1.29 is 9.47 Å². The van der Waals surface area contributed by atoms with E-state index in [4.69, 9.17) is 9.47 Å². The fourth-order valence-electron chi connectivity index (χ4n) is 2.26. The molecular formula is C19H26N2O2. The molecule has 0 saturated carbocycles. The lowest BCUT2D eigenvalue weighted by Gasteiger charge is -2.14. The highest BCUT2D eigenvalue weighted by atomic mass is 16.5. The smallest absolute Gasteiger partial charge is 0.163 e. The second kappa shape index (κ2) is 9.06. The van der Waals surface area contributed by atoms with Crippen molar-refractivity contribution in [2.45, 2.75) is 13.0 Å². The molecule has 0 saturated heterocycles. The standard InChI is InChI=1S/C19H26N2O2/c1-21(2)12-7-13-23-19-14-17(10-11-18(19)22-3)20-15-16-8-5-4-6-9-16/h4-6,8-11,14,20H,7,12-13,15H2,1-3H3. The number of nitrogens with zero attached hydrogens (tertiary/aromatic N) is 1. The van der Waals surface area contributed by atoms with Gasteiger partial charge in [0, 0.05) is 24.8 Å². The van der Waals surface area contributed by atoms with Crippen LogP contribution in [0.15, 0.2) is 48.5 Å². The summed E-state index contributed by atoms with van der Waals surface area (Å²) in [4.78, 5) is 2.15. The second-order valence-electron chi connectivity index (χ2n) is 5.71. The molecule has 0 aliphatic heterocycles. The molecule has 0 aromatic heterocycles. The summed E-state index contributed by atoms with van der Waals surface area (Å²) in [5.74, 6) is 1.55. The van der Waals surface area contributed by atoms with Crippen molar-refractivity contribution in [3.05, 3.63) is 54.1 Å². The van der Waals surface area contributed by atoms with Gasteiger partial charge in [0.1, 0.15) is 0 Å². The SMILES string of the molecule is COc1ccc(NCc2ccccc2)cc1OCCCN(C)C. The van der Waals surface area contributed by atoms with Crippen LogP contribution in [0.3, 0.4) is 0 Å². The molecule has 2 aromatic rings. The first-order chi connectivity index (χ1) is 11.2. The van der Waals surface area contributed by atoms with E-state index in [2.05, 4.69) is 36.4 Å². The van der Waals surface area contributed by atoms with E-state index in [-0.39, 0.29) is 0 Å². The van der Waals surface area contributed by atoms with E-state index in [1.165, 1.54) is 5.56 Å². The monoisotopic (exact) mass is 314 g/mol. The predicted octanol–water partition coefficient (Wildman–Crippen LogP) is 3.64. The molecule has 2 aromatic carbocycles. The predicted molar refractivity (Wildman–Crippen MR) is 95.4 cm³/mol. The minimum absolute atomic E-state index is 0.677. The maximum atomic E-state index is 5.88. The first-order valence-corrected chi connectivity index (χ1v) is 7.92. The van der Waals surface area contributed by atoms with E-state index >= 15 is 0 Å². The van der Waals surface area contributed by atoms with Gasteiger partial charge in [-0.1, -0.05) is 30.3 Å². The molecule has 0 heterocycles. The zero-order valence-electron chi connectivity index (χ0n) is 14.2. The number of hydrogen-bond donors (Lipinski definition) is 1. The summed E-state index contributed by atoms with van der Waals surface area (Å²) in [5, 5.41) is 3.42. The van der Waals surface area contributed by atoms with Gasteiger partial charge in [-0.2, -0.15) is 0 Å². The second-order valence-corrected chi connectivity index (χ2v) is 5.71. The average molecular weight is 314 g/mol. The average Bonchev–Trinajstić information content (AvgIpc) is 2.58. The third-order valence-electron chi connectivity index (χ3n) is 3.51. The molecule has 2 rings (SSSR count). The molecule has 0 fully saturated rings. The zero-order chi connectivity index (χ0) is 16.5. The van der Waals surface area contributed by atoms with Crippen molar-refractivity contribution in [1.29, 1.82) is 0 Å². The first-order valence-electron chi connectivity index (χ1n) is 7.92. The van der Waals surface area contributed by atoms with Crippen LogP contribution in [0.2, 0.25) is 0 Å². The Morgan fingerprint density at radius 1 is 1.00 bits per heavy atom. The number of ether oxygens (including phenoxy) is 2. The normalized spacial score (nSPS) is 10.6. The Kier molecular flexibility index (Phi) is 6.76. The Labute approximate surface area is 139 Å². The van der Waals surface area contributed by atoms with Crippen LogP contribution < -0.4 is 14.8 Å². The van der Waals surface area contributed by atoms with E-state index in [1.54, 1.807) is 7.11 Å². The number of rotatable bonds is 9. The van der Waals surface area contributed by atoms with Gasteiger partial charge in [0.2, 0.25) is 0 Å². The molecule has 0 aliphatic carbocycles. The Bertz CT molecular complexity index is 585. The molecule has 0 aliphatic rings. The lowest BCUT2D eigenvalue weighted by molar-refractivity contribution is 0.268. The summed E-state index contributed by atoms with van der Waals surface area (Å²) in [5.41, 5.74) is 2.27. The van der Waals surface area contributed by atoms with Crippen LogP contribution in [0.4, 0.5) is 5.69 Å². The largest absolute Gasteiger partial charge is 0.493 e. The molecule has 124 valence electrons. The summed E-state index contributed by atoms with van der Waals surface area (Å²) in [6, 6.07) is 16.3. The van der Waals surface area contributed by atoms with Gasteiger partial charge in [-0.3, -0.25) is 0 Å². The van der Waals surface area contributed by atoms with E-state index in [9.17, 15) is 0 Å². The number of anilines is 1. The molecule has 0 bridgehead atoms.